The zero-order valence-corrected chi connectivity index (χ0v) is 15.0. The van der Waals surface area contributed by atoms with Gasteiger partial charge in [0, 0.05) is 12.5 Å². The van der Waals surface area contributed by atoms with Gasteiger partial charge in [0.05, 0.1) is 29.7 Å². The van der Waals surface area contributed by atoms with Crippen LogP contribution in [0.25, 0.3) is 0 Å². The quantitative estimate of drug-likeness (QED) is 0.407. The molecule has 22 heavy (non-hydrogen) atoms. The maximum absolute atomic E-state index is 12.2. The molecule has 0 aromatic rings. The summed E-state index contributed by atoms with van der Waals surface area (Å²) in [6.45, 7) is 1.57. The average Bonchev–Trinajstić information content (AvgIpc) is 2.70. The molecule has 0 radical (unpaired) electrons. The van der Waals surface area contributed by atoms with E-state index in [1.807, 2.05) is 0 Å². The second kappa shape index (κ2) is 6.61. The summed E-state index contributed by atoms with van der Waals surface area (Å²) in [6, 6.07) is -0.248. The molecule has 1 aliphatic carbocycles. The molecule has 1 saturated carbocycles. The number of carboxylic acid groups (broad SMARTS) is 1. The van der Waals surface area contributed by atoms with E-state index in [0.29, 0.717) is 6.42 Å². The van der Waals surface area contributed by atoms with Crippen molar-refractivity contribution < 1.29 is 54.5 Å². The van der Waals surface area contributed by atoms with Crippen LogP contribution in [-0.4, -0.2) is 45.7 Å². The van der Waals surface area contributed by atoms with Crippen LogP contribution in [-0.2, 0) is 9.59 Å². The number of rotatable bonds is 4. The van der Waals surface area contributed by atoms with Crippen LogP contribution in [0.5, 0.6) is 0 Å². The second-order valence-corrected chi connectivity index (χ2v) is 6.30. The monoisotopic (exact) mass is 317 g/mol. The third-order valence-electron chi connectivity index (χ3n) is 5.21. The van der Waals surface area contributed by atoms with E-state index in [9.17, 15) is 24.9 Å². The van der Waals surface area contributed by atoms with Gasteiger partial charge in [0.1, 0.15) is 0 Å². The minimum atomic E-state index is -1.32. The van der Waals surface area contributed by atoms with Crippen molar-refractivity contribution in [1.82, 2.24) is 4.90 Å². The van der Waals surface area contributed by atoms with E-state index in [1.165, 1.54) is 4.90 Å². The summed E-state index contributed by atoms with van der Waals surface area (Å²) in [6.07, 6.45) is 2.34. The molecular weight excluding hydrogens is 297 g/mol. The van der Waals surface area contributed by atoms with Crippen LogP contribution in [0.4, 0.5) is 0 Å². The number of amides is 1. The van der Waals surface area contributed by atoms with Crippen LogP contribution < -0.4 is 34.7 Å². The molecule has 3 rings (SSSR count). The largest absolute Gasteiger partial charge is 1.00 e. The molecule has 0 spiro atoms. The fourth-order valence-corrected chi connectivity index (χ4v) is 4.45. The van der Waals surface area contributed by atoms with Gasteiger partial charge in [-0.1, -0.05) is 6.42 Å². The molecule has 2 N–H and O–H groups in total. The number of aliphatic hydroxyl groups is 2. The van der Waals surface area contributed by atoms with Crippen LogP contribution in [0.2, 0.25) is 0 Å². The van der Waals surface area contributed by atoms with Crippen LogP contribution in [0.3, 0.4) is 0 Å². The predicted octanol–water partition coefficient (Wildman–Crippen LogP) is -3.99. The van der Waals surface area contributed by atoms with Crippen molar-refractivity contribution in [3.05, 3.63) is 11.3 Å². The molecule has 2 fully saturated rings. The first-order valence-electron chi connectivity index (χ1n) is 7.56. The number of carboxylic acids is 1. The number of carbonyl (C=O) groups is 2. The number of aliphatic carboxylic acids is 1. The molecule has 5 atom stereocenters. The Morgan fingerprint density at radius 1 is 1.45 bits per heavy atom. The zero-order chi connectivity index (χ0) is 15.3. The first kappa shape index (κ1) is 17.9. The molecule has 0 aromatic heterocycles. The number of hydrogen-bond donors (Lipinski definition) is 2. The Hall–Kier alpha value is -0.400. The van der Waals surface area contributed by atoms with Gasteiger partial charge in [-0.05, 0) is 37.7 Å². The topological polar surface area (TPSA) is 101 Å². The number of nitrogens with zero attached hydrogens (tertiary/aromatic N) is 1. The van der Waals surface area contributed by atoms with E-state index in [1.54, 1.807) is 6.92 Å². The molecule has 1 unspecified atom stereocenters. The first-order valence-corrected chi connectivity index (χ1v) is 7.56. The Kier molecular flexibility index (Phi) is 5.39. The molecule has 3 aliphatic rings. The van der Waals surface area contributed by atoms with E-state index in [2.05, 4.69) is 0 Å². The summed E-state index contributed by atoms with van der Waals surface area (Å²) in [4.78, 5) is 25.1. The Morgan fingerprint density at radius 3 is 2.68 bits per heavy atom. The van der Waals surface area contributed by atoms with E-state index in [-0.39, 0.29) is 65.6 Å². The van der Waals surface area contributed by atoms with Gasteiger partial charge in [-0.15, -0.1) is 0 Å². The Morgan fingerprint density at radius 2 is 2.14 bits per heavy atom. The minimum absolute atomic E-state index is 0. The van der Waals surface area contributed by atoms with Crippen LogP contribution >= 0.6 is 0 Å². The van der Waals surface area contributed by atoms with E-state index in [0.717, 1.165) is 24.8 Å². The van der Waals surface area contributed by atoms with Gasteiger partial charge in [0.15, 0.2) is 0 Å². The number of aliphatic hydroxyl groups excluding tert-OH is 2. The van der Waals surface area contributed by atoms with Crippen molar-refractivity contribution in [3.63, 3.8) is 0 Å². The fraction of sp³-hybridized carbons (Fsp3) is 0.733. The molecule has 0 bridgehead atoms. The van der Waals surface area contributed by atoms with Crippen LogP contribution in [0.1, 0.15) is 32.6 Å². The zero-order valence-electron chi connectivity index (χ0n) is 13.0. The van der Waals surface area contributed by atoms with Gasteiger partial charge in [-0.2, -0.15) is 0 Å². The molecule has 2 aliphatic heterocycles. The van der Waals surface area contributed by atoms with Crippen molar-refractivity contribution in [2.24, 2.45) is 17.8 Å². The van der Waals surface area contributed by atoms with Gasteiger partial charge in [0.25, 0.3) is 0 Å². The van der Waals surface area contributed by atoms with Gasteiger partial charge in [-0.25, -0.2) is 0 Å². The Bertz CT molecular complexity index is 516. The summed E-state index contributed by atoms with van der Waals surface area (Å²) in [5.74, 6) is -2.18. The van der Waals surface area contributed by atoms with Crippen molar-refractivity contribution in [2.45, 2.75) is 44.8 Å². The number of carbonyl (C=O) groups excluding carboxylic acids is 2. The van der Waals surface area contributed by atoms with E-state index < -0.39 is 18.0 Å². The maximum atomic E-state index is 12.2. The minimum Gasteiger partial charge on any atom is -0.543 e. The number of hydrogen-bond acceptors (Lipinski definition) is 5. The van der Waals surface area contributed by atoms with Crippen molar-refractivity contribution >= 4 is 11.9 Å². The first-order chi connectivity index (χ1) is 9.99. The predicted molar refractivity (Wildman–Crippen MR) is 70.4 cm³/mol. The Labute approximate surface area is 151 Å². The molecular formula is C15H20NNaO5. The summed E-state index contributed by atoms with van der Waals surface area (Å²) >= 11 is 0. The fourth-order valence-electron chi connectivity index (χ4n) is 4.45. The van der Waals surface area contributed by atoms with Gasteiger partial charge < -0.3 is 25.0 Å². The number of β-lactam (4-membered cyclic amide) rings is 1. The molecule has 0 aromatic carbocycles. The van der Waals surface area contributed by atoms with Crippen LogP contribution in [0, 0.1) is 17.8 Å². The van der Waals surface area contributed by atoms with Crippen molar-refractivity contribution in [3.8, 4) is 0 Å². The average molecular weight is 317 g/mol. The van der Waals surface area contributed by atoms with Crippen molar-refractivity contribution in [2.75, 3.05) is 6.61 Å². The number of fused-ring (bicyclic) bond motifs is 3. The third kappa shape index (κ3) is 2.45. The molecule has 7 heteroatoms. The maximum Gasteiger partial charge on any atom is 1.00 e. The summed E-state index contributed by atoms with van der Waals surface area (Å²) in [5.41, 5.74) is 0.766. The normalized spacial score (nSPS) is 34.5. The van der Waals surface area contributed by atoms with Crippen LogP contribution in [0.15, 0.2) is 11.3 Å². The SMILES string of the molecule is C[C@@H](O)[C@H]1C(=O)N2C(C(=O)[O-])=C3C(CCO)CCC[C@@H]3[C@H]12.[Na+]. The smallest absolute Gasteiger partial charge is 0.543 e. The molecule has 2 heterocycles. The van der Waals surface area contributed by atoms with Gasteiger partial charge in [-0.3, -0.25) is 4.79 Å². The molecule has 1 amide bonds. The molecule has 116 valence electrons. The summed E-state index contributed by atoms with van der Waals surface area (Å²) in [7, 11) is 0. The van der Waals surface area contributed by atoms with E-state index >= 15 is 0 Å². The standard InChI is InChI=1S/C15H21NO5.Na/c1-7(18)10-12-9-4-2-3-8(5-6-17)11(9)13(15(20)21)16(12)14(10)19;/h7-10,12,17-18H,2-6H2,1H3,(H,20,21);/q;+1/p-1/t7-,8?,9+,10-,12-;/m1./s1. The second-order valence-electron chi connectivity index (χ2n) is 6.30. The Balaban J connectivity index is 0.00000176. The molecule has 1 saturated heterocycles. The van der Waals surface area contributed by atoms with Crippen molar-refractivity contribution in [1.29, 1.82) is 0 Å². The summed E-state index contributed by atoms with van der Waals surface area (Å²) < 4.78 is 0. The third-order valence-corrected chi connectivity index (χ3v) is 5.21. The summed E-state index contributed by atoms with van der Waals surface area (Å²) in [5, 5.41) is 30.5. The van der Waals surface area contributed by atoms with Gasteiger partial charge in [0.2, 0.25) is 5.91 Å². The molecule has 6 nitrogen and oxygen atoms in total. The van der Waals surface area contributed by atoms with Gasteiger partial charge >= 0.3 is 29.6 Å². The van der Waals surface area contributed by atoms with E-state index in [4.69, 9.17) is 0 Å².